The monoisotopic (exact) mass is 528 g/mol. The minimum Gasteiger partial charge on any atom is -0.355 e. The molecular weight excluding hydrogens is 503 g/mol. The maximum atomic E-state index is 13.6. The molecule has 4 aliphatic rings. The molecule has 11 heteroatoms. The molecule has 1 aliphatic carbocycles. The van der Waals surface area contributed by atoms with Gasteiger partial charge in [0.2, 0.25) is 0 Å². The van der Waals surface area contributed by atoms with Crippen molar-refractivity contribution in [1.82, 2.24) is 24.6 Å². The molecule has 3 aliphatic heterocycles. The first-order valence-corrected chi connectivity index (χ1v) is 14.4. The molecule has 3 aromatic rings. The summed E-state index contributed by atoms with van der Waals surface area (Å²) in [6.07, 6.45) is 2.05. The molecule has 3 fully saturated rings. The van der Waals surface area contributed by atoms with Crippen molar-refractivity contribution in [1.29, 1.82) is 0 Å². The van der Waals surface area contributed by atoms with Crippen LogP contribution in [-0.4, -0.2) is 63.7 Å². The second-order valence-electron chi connectivity index (χ2n) is 10.9. The Morgan fingerprint density at radius 3 is 2.58 bits per heavy atom. The molecule has 8 nitrogen and oxygen atoms in total. The Balaban J connectivity index is 1.13. The Morgan fingerprint density at radius 1 is 1.08 bits per heavy atom. The van der Waals surface area contributed by atoms with Crippen LogP contribution in [0.25, 0.3) is 5.69 Å². The third-order valence-corrected chi connectivity index (χ3v) is 10.3. The summed E-state index contributed by atoms with van der Waals surface area (Å²) in [7, 11) is -2.93. The fourth-order valence-electron chi connectivity index (χ4n) is 6.38. The average Bonchev–Trinajstić information content (AvgIpc) is 3.07. The van der Waals surface area contributed by atoms with E-state index in [1.54, 1.807) is 13.0 Å². The van der Waals surface area contributed by atoms with E-state index >= 15 is 0 Å². The average molecular weight is 529 g/mol. The lowest BCUT2D eigenvalue weighted by Crippen LogP contribution is -2.62. The number of pyridine rings is 1. The lowest BCUT2D eigenvalue weighted by atomic mass is 9.57. The molecule has 1 aromatic carbocycles. The van der Waals surface area contributed by atoms with Gasteiger partial charge in [-0.3, -0.25) is 9.47 Å². The molecule has 1 saturated carbocycles. The molecule has 0 N–H and O–H groups in total. The molecule has 188 valence electrons. The van der Waals surface area contributed by atoms with Crippen molar-refractivity contribution in [3.63, 3.8) is 0 Å². The van der Waals surface area contributed by atoms with Crippen LogP contribution in [0.5, 0.6) is 0 Å². The molecule has 0 amide bonds. The number of nitrogens with zero attached hydrogens (tertiary/aromatic N) is 6. The molecular formula is C25H26ClFN6O2S. The topological polar surface area (TPSA) is 84.2 Å². The molecule has 0 atom stereocenters. The van der Waals surface area contributed by atoms with Gasteiger partial charge in [-0.15, -0.1) is 10.2 Å². The van der Waals surface area contributed by atoms with Gasteiger partial charge in [-0.25, -0.2) is 17.8 Å². The second-order valence-corrected chi connectivity index (χ2v) is 13.5. The van der Waals surface area contributed by atoms with Gasteiger partial charge in [0, 0.05) is 42.0 Å². The number of aryl methyl sites for hydroxylation is 1. The number of sulfone groups is 1. The van der Waals surface area contributed by atoms with Crippen molar-refractivity contribution < 1.29 is 12.8 Å². The van der Waals surface area contributed by atoms with Crippen molar-refractivity contribution in [3.8, 4) is 5.69 Å². The number of aromatic nitrogens is 4. The standard InChI is InChI=1S/C25H26ClFN6O2S/c1-15-20(27)3-5-22(28-15)32-13-25(14-32)7-17(8-25)24-30-29-23-10-31(19-11-36(34,35)12-19)9-16-6-18(26)2-4-21(16)33(23)24/h2-6,17,19H,7-14H2,1H3. The normalized spacial score (nSPS) is 22.8. The van der Waals surface area contributed by atoms with Crippen molar-refractivity contribution in [2.45, 2.75) is 44.8 Å². The summed E-state index contributed by atoms with van der Waals surface area (Å²) < 4.78 is 39.5. The molecule has 0 radical (unpaired) electrons. The summed E-state index contributed by atoms with van der Waals surface area (Å²) >= 11 is 6.35. The maximum absolute atomic E-state index is 13.6. The van der Waals surface area contributed by atoms with E-state index in [9.17, 15) is 12.8 Å². The predicted octanol–water partition coefficient (Wildman–Crippen LogP) is 3.26. The quantitative estimate of drug-likeness (QED) is 0.516. The van der Waals surface area contributed by atoms with Gasteiger partial charge >= 0.3 is 0 Å². The molecule has 5 heterocycles. The highest BCUT2D eigenvalue weighted by molar-refractivity contribution is 7.92. The summed E-state index contributed by atoms with van der Waals surface area (Å²) in [5, 5.41) is 9.87. The van der Waals surface area contributed by atoms with E-state index < -0.39 is 9.84 Å². The molecule has 0 bridgehead atoms. The zero-order valence-corrected chi connectivity index (χ0v) is 21.4. The molecule has 1 spiro atoms. The number of anilines is 1. The number of benzene rings is 1. The van der Waals surface area contributed by atoms with Crippen molar-refractivity contribution in [3.05, 3.63) is 64.1 Å². The Hall–Kier alpha value is -2.56. The summed E-state index contributed by atoms with van der Waals surface area (Å²) in [4.78, 5) is 8.81. The third kappa shape index (κ3) is 3.56. The first-order chi connectivity index (χ1) is 17.2. The zero-order chi connectivity index (χ0) is 24.8. The van der Waals surface area contributed by atoms with E-state index in [1.165, 1.54) is 6.07 Å². The van der Waals surface area contributed by atoms with E-state index in [-0.39, 0.29) is 28.8 Å². The van der Waals surface area contributed by atoms with Crippen LogP contribution in [0.1, 0.15) is 41.7 Å². The second kappa shape index (κ2) is 7.72. The highest BCUT2D eigenvalue weighted by Crippen LogP contribution is 2.56. The van der Waals surface area contributed by atoms with Gasteiger partial charge < -0.3 is 4.90 Å². The smallest absolute Gasteiger partial charge is 0.153 e. The predicted molar refractivity (Wildman–Crippen MR) is 134 cm³/mol. The van der Waals surface area contributed by atoms with Gasteiger partial charge in [-0.2, -0.15) is 0 Å². The van der Waals surface area contributed by atoms with Gasteiger partial charge in [0.1, 0.15) is 17.5 Å². The Bertz CT molecular complexity index is 1480. The van der Waals surface area contributed by atoms with Crippen LogP contribution in [0.15, 0.2) is 30.3 Å². The van der Waals surface area contributed by atoms with Crippen LogP contribution in [0.3, 0.4) is 0 Å². The Morgan fingerprint density at radius 2 is 1.86 bits per heavy atom. The van der Waals surface area contributed by atoms with Gasteiger partial charge in [0.15, 0.2) is 15.7 Å². The fraction of sp³-hybridized carbons (Fsp3) is 0.480. The number of halogens is 2. The summed E-state index contributed by atoms with van der Waals surface area (Å²) in [6.45, 7) is 4.71. The summed E-state index contributed by atoms with van der Waals surface area (Å²) in [6, 6.07) is 9.12. The SMILES string of the molecule is Cc1nc(N2CC3(CC(c4nnc5n4-c4ccc(Cl)cc4CN(C4CS(=O)(=O)C4)C5)C3)C2)ccc1F. The number of rotatable bonds is 3. The fourth-order valence-corrected chi connectivity index (χ4v) is 8.07. The molecule has 7 rings (SSSR count). The van der Waals surface area contributed by atoms with E-state index in [2.05, 4.69) is 29.5 Å². The third-order valence-electron chi connectivity index (χ3n) is 8.27. The molecule has 36 heavy (non-hydrogen) atoms. The van der Waals surface area contributed by atoms with Gasteiger partial charge in [0.25, 0.3) is 0 Å². The van der Waals surface area contributed by atoms with Crippen LogP contribution >= 0.6 is 11.6 Å². The van der Waals surface area contributed by atoms with Crippen LogP contribution in [0.4, 0.5) is 10.2 Å². The van der Waals surface area contributed by atoms with Crippen LogP contribution in [0, 0.1) is 18.2 Å². The van der Waals surface area contributed by atoms with Crippen LogP contribution in [-0.2, 0) is 22.9 Å². The first-order valence-electron chi connectivity index (χ1n) is 12.2. The van der Waals surface area contributed by atoms with Crippen LogP contribution in [0.2, 0.25) is 5.02 Å². The summed E-state index contributed by atoms with van der Waals surface area (Å²) in [5.41, 5.74) is 2.76. The van der Waals surface area contributed by atoms with E-state index in [1.807, 2.05) is 18.2 Å². The Labute approximate surface area is 214 Å². The van der Waals surface area contributed by atoms with Crippen LogP contribution < -0.4 is 4.90 Å². The largest absolute Gasteiger partial charge is 0.355 e. The zero-order valence-electron chi connectivity index (χ0n) is 19.9. The lowest BCUT2D eigenvalue weighted by Gasteiger charge is -2.59. The minimum absolute atomic E-state index is 0.00910. The summed E-state index contributed by atoms with van der Waals surface area (Å²) in [5.74, 6) is 3.05. The number of fused-ring (bicyclic) bond motifs is 3. The molecule has 2 saturated heterocycles. The number of hydrogen-bond donors (Lipinski definition) is 0. The van der Waals surface area contributed by atoms with Crippen molar-refractivity contribution >= 4 is 27.3 Å². The maximum Gasteiger partial charge on any atom is 0.153 e. The lowest BCUT2D eigenvalue weighted by molar-refractivity contribution is 0.0581. The van der Waals surface area contributed by atoms with Gasteiger partial charge in [0.05, 0.1) is 29.4 Å². The van der Waals surface area contributed by atoms with Gasteiger partial charge in [-0.1, -0.05) is 11.6 Å². The van der Waals surface area contributed by atoms with Gasteiger partial charge in [-0.05, 0) is 55.7 Å². The molecule has 2 aromatic heterocycles. The van der Waals surface area contributed by atoms with E-state index in [0.29, 0.717) is 29.7 Å². The first kappa shape index (κ1) is 22.6. The van der Waals surface area contributed by atoms with Crippen molar-refractivity contribution in [2.75, 3.05) is 29.5 Å². The highest BCUT2D eigenvalue weighted by Gasteiger charge is 2.54. The molecule has 0 unspecified atom stereocenters. The highest BCUT2D eigenvalue weighted by atomic mass is 35.5. The number of hydrogen-bond acceptors (Lipinski definition) is 7. The van der Waals surface area contributed by atoms with E-state index in [0.717, 1.165) is 54.6 Å². The minimum atomic E-state index is -2.93. The van der Waals surface area contributed by atoms with Crippen molar-refractivity contribution in [2.24, 2.45) is 5.41 Å². The Kier molecular flexibility index (Phi) is 4.85. The van der Waals surface area contributed by atoms with E-state index in [4.69, 9.17) is 11.6 Å².